The van der Waals surface area contributed by atoms with Crippen LogP contribution >= 0.6 is 0 Å². The van der Waals surface area contributed by atoms with Crippen LogP contribution in [0.15, 0.2) is 0 Å². The zero-order valence-electron chi connectivity index (χ0n) is 13.9. The summed E-state index contributed by atoms with van der Waals surface area (Å²) in [4.78, 5) is 16.3. The van der Waals surface area contributed by atoms with Gasteiger partial charge in [0, 0.05) is 19.1 Å². The lowest BCUT2D eigenvalue weighted by atomic mass is 10.2. The van der Waals surface area contributed by atoms with Gasteiger partial charge in [0.2, 0.25) is 0 Å². The lowest BCUT2D eigenvalue weighted by molar-refractivity contribution is 0.0291. The summed E-state index contributed by atoms with van der Waals surface area (Å²) in [5.41, 5.74) is -0.404. The first-order valence-corrected chi connectivity index (χ1v) is 8.38. The van der Waals surface area contributed by atoms with Crippen molar-refractivity contribution in [3.8, 4) is 0 Å². The average Bonchev–Trinajstić information content (AvgIpc) is 3.04. The first-order chi connectivity index (χ1) is 9.94. The number of carbonyl (C=O) groups excluding carboxylic acids is 1. The molecule has 0 aromatic rings. The zero-order chi connectivity index (χ0) is 15.3. The number of nitrogens with zero attached hydrogens (tertiary/aromatic N) is 2. The Hall–Kier alpha value is -0.810. The summed E-state index contributed by atoms with van der Waals surface area (Å²) in [5, 5.41) is 3.58. The van der Waals surface area contributed by atoms with Crippen molar-refractivity contribution in [3.63, 3.8) is 0 Å². The number of ether oxygens (including phenoxy) is 1. The largest absolute Gasteiger partial charge is 0.444 e. The second-order valence-electron chi connectivity index (χ2n) is 7.27. The van der Waals surface area contributed by atoms with Crippen molar-refractivity contribution in [1.82, 2.24) is 15.1 Å². The highest BCUT2D eigenvalue weighted by Crippen LogP contribution is 2.15. The van der Waals surface area contributed by atoms with Gasteiger partial charge in [-0.15, -0.1) is 0 Å². The van der Waals surface area contributed by atoms with Gasteiger partial charge in [-0.05, 0) is 72.6 Å². The minimum absolute atomic E-state index is 0.177. The van der Waals surface area contributed by atoms with Crippen molar-refractivity contribution in [2.75, 3.05) is 39.3 Å². The van der Waals surface area contributed by atoms with Gasteiger partial charge in [0.15, 0.2) is 0 Å². The lowest BCUT2D eigenvalue weighted by Crippen LogP contribution is -2.38. The summed E-state index contributed by atoms with van der Waals surface area (Å²) in [7, 11) is 0. The fourth-order valence-electron chi connectivity index (χ4n) is 3.03. The van der Waals surface area contributed by atoms with Crippen LogP contribution in [0.1, 0.15) is 46.5 Å². The monoisotopic (exact) mass is 297 g/mol. The minimum atomic E-state index is -0.404. The highest BCUT2D eigenvalue weighted by atomic mass is 16.6. The molecule has 0 aromatic carbocycles. The SMILES string of the molecule is CC(C)(C)OC(=O)N1CCC(NCCCN2CCCC2)C1. The molecule has 21 heavy (non-hydrogen) atoms. The Balaban J connectivity index is 1.58. The van der Waals surface area contributed by atoms with E-state index in [4.69, 9.17) is 4.74 Å². The molecular formula is C16H31N3O2. The third-order valence-corrected chi connectivity index (χ3v) is 4.12. The van der Waals surface area contributed by atoms with E-state index in [1.54, 1.807) is 0 Å². The maximum Gasteiger partial charge on any atom is 0.410 e. The molecule has 2 aliphatic rings. The standard InChI is InChI=1S/C16H31N3O2/c1-16(2,3)21-15(20)19-12-7-14(13-19)17-8-6-11-18-9-4-5-10-18/h14,17H,4-13H2,1-3H3. The maximum absolute atomic E-state index is 12.0. The second kappa shape index (κ2) is 7.45. The van der Waals surface area contributed by atoms with Crippen LogP contribution in [-0.2, 0) is 4.74 Å². The molecule has 2 fully saturated rings. The molecule has 0 saturated carbocycles. The number of amides is 1. The summed E-state index contributed by atoms with van der Waals surface area (Å²) in [6.45, 7) is 12.1. The van der Waals surface area contributed by atoms with E-state index in [-0.39, 0.29) is 6.09 Å². The fourth-order valence-corrected chi connectivity index (χ4v) is 3.03. The normalized spacial score (nSPS) is 23.8. The van der Waals surface area contributed by atoms with E-state index in [0.717, 1.165) is 26.1 Å². The van der Waals surface area contributed by atoms with Crippen LogP contribution in [0.5, 0.6) is 0 Å². The average molecular weight is 297 g/mol. The molecule has 1 unspecified atom stereocenters. The molecule has 1 N–H and O–H groups in total. The predicted octanol–water partition coefficient (Wildman–Crippen LogP) is 2.07. The summed E-state index contributed by atoms with van der Waals surface area (Å²) >= 11 is 0. The number of nitrogens with one attached hydrogen (secondary N) is 1. The molecule has 0 radical (unpaired) electrons. The Morgan fingerprint density at radius 3 is 2.62 bits per heavy atom. The molecule has 2 heterocycles. The van der Waals surface area contributed by atoms with Gasteiger partial charge in [-0.3, -0.25) is 0 Å². The molecular weight excluding hydrogens is 266 g/mol. The Morgan fingerprint density at radius 2 is 1.95 bits per heavy atom. The van der Waals surface area contributed by atoms with Crippen molar-refractivity contribution in [3.05, 3.63) is 0 Å². The van der Waals surface area contributed by atoms with E-state index < -0.39 is 5.60 Å². The predicted molar refractivity (Wildman–Crippen MR) is 84.5 cm³/mol. The van der Waals surface area contributed by atoms with E-state index in [1.807, 2.05) is 25.7 Å². The summed E-state index contributed by atoms with van der Waals surface area (Å²) in [6.07, 6.45) is 4.78. The topological polar surface area (TPSA) is 44.8 Å². The van der Waals surface area contributed by atoms with Gasteiger partial charge in [-0.2, -0.15) is 0 Å². The van der Waals surface area contributed by atoms with Crippen LogP contribution in [0.2, 0.25) is 0 Å². The smallest absolute Gasteiger partial charge is 0.410 e. The van der Waals surface area contributed by atoms with Crippen molar-refractivity contribution < 1.29 is 9.53 Å². The van der Waals surface area contributed by atoms with Crippen molar-refractivity contribution in [2.45, 2.75) is 58.1 Å². The molecule has 1 atom stereocenters. The first-order valence-electron chi connectivity index (χ1n) is 8.38. The molecule has 0 spiro atoms. The number of hydrogen-bond donors (Lipinski definition) is 1. The Bertz CT molecular complexity index is 335. The van der Waals surface area contributed by atoms with Crippen LogP contribution in [0.25, 0.3) is 0 Å². The van der Waals surface area contributed by atoms with Crippen LogP contribution in [0.4, 0.5) is 4.79 Å². The molecule has 0 bridgehead atoms. The van der Waals surface area contributed by atoms with Crippen LogP contribution < -0.4 is 5.32 Å². The maximum atomic E-state index is 12.0. The molecule has 2 aliphatic heterocycles. The third-order valence-electron chi connectivity index (χ3n) is 4.12. The Morgan fingerprint density at radius 1 is 1.24 bits per heavy atom. The van der Waals surface area contributed by atoms with Crippen molar-refractivity contribution in [1.29, 1.82) is 0 Å². The van der Waals surface area contributed by atoms with E-state index >= 15 is 0 Å². The molecule has 5 heteroatoms. The summed E-state index contributed by atoms with van der Waals surface area (Å²) < 4.78 is 5.42. The molecule has 2 saturated heterocycles. The van der Waals surface area contributed by atoms with Crippen LogP contribution in [0, 0.1) is 0 Å². The van der Waals surface area contributed by atoms with E-state index in [1.165, 1.54) is 38.9 Å². The highest BCUT2D eigenvalue weighted by molar-refractivity contribution is 5.68. The lowest BCUT2D eigenvalue weighted by Gasteiger charge is -2.24. The summed E-state index contributed by atoms with van der Waals surface area (Å²) in [5.74, 6) is 0. The van der Waals surface area contributed by atoms with Crippen molar-refractivity contribution in [2.24, 2.45) is 0 Å². The van der Waals surface area contributed by atoms with Gasteiger partial charge in [-0.1, -0.05) is 0 Å². The van der Waals surface area contributed by atoms with E-state index in [2.05, 4.69) is 10.2 Å². The van der Waals surface area contributed by atoms with Crippen LogP contribution in [0.3, 0.4) is 0 Å². The Labute approximate surface area is 129 Å². The third kappa shape index (κ3) is 5.83. The number of likely N-dealkylation sites (tertiary alicyclic amines) is 2. The second-order valence-corrected chi connectivity index (χ2v) is 7.27. The van der Waals surface area contributed by atoms with Gasteiger partial charge in [0.05, 0.1) is 0 Å². The first kappa shape index (κ1) is 16.6. The highest BCUT2D eigenvalue weighted by Gasteiger charge is 2.29. The Kier molecular flexibility index (Phi) is 5.88. The van der Waals surface area contributed by atoms with E-state index in [0.29, 0.717) is 6.04 Å². The van der Waals surface area contributed by atoms with Gasteiger partial charge in [0.25, 0.3) is 0 Å². The van der Waals surface area contributed by atoms with Gasteiger partial charge in [-0.25, -0.2) is 4.79 Å². The summed E-state index contributed by atoms with van der Waals surface area (Å²) in [6, 6.07) is 0.427. The molecule has 0 aliphatic carbocycles. The quantitative estimate of drug-likeness (QED) is 0.789. The van der Waals surface area contributed by atoms with E-state index in [9.17, 15) is 4.79 Å². The van der Waals surface area contributed by atoms with Gasteiger partial charge < -0.3 is 19.9 Å². The van der Waals surface area contributed by atoms with Crippen molar-refractivity contribution >= 4 is 6.09 Å². The molecule has 2 rings (SSSR count). The molecule has 122 valence electrons. The minimum Gasteiger partial charge on any atom is -0.444 e. The molecule has 0 aromatic heterocycles. The molecule has 1 amide bonds. The zero-order valence-corrected chi connectivity index (χ0v) is 13.9. The number of hydrogen-bond acceptors (Lipinski definition) is 4. The van der Waals surface area contributed by atoms with Gasteiger partial charge >= 0.3 is 6.09 Å². The number of rotatable bonds is 5. The molecule has 5 nitrogen and oxygen atoms in total. The number of carbonyl (C=O) groups is 1. The van der Waals surface area contributed by atoms with Gasteiger partial charge in [0.1, 0.15) is 5.60 Å². The fraction of sp³-hybridized carbons (Fsp3) is 0.938. The van der Waals surface area contributed by atoms with Crippen LogP contribution in [-0.4, -0.2) is 66.8 Å².